The fourth-order valence-corrected chi connectivity index (χ4v) is 4.58. The van der Waals surface area contributed by atoms with Gasteiger partial charge in [0.2, 0.25) is 5.75 Å². The largest absolute Gasteiger partial charge is 0.493 e. The zero-order valence-corrected chi connectivity index (χ0v) is 21.6. The van der Waals surface area contributed by atoms with E-state index in [1.807, 2.05) is 48.5 Å². The number of nitrogens with one attached hydrogen (secondary N) is 1. The molecule has 0 aliphatic carbocycles. The van der Waals surface area contributed by atoms with Crippen LogP contribution in [0.2, 0.25) is 5.02 Å². The summed E-state index contributed by atoms with van der Waals surface area (Å²) in [6.45, 7) is 0.610. The first-order chi connectivity index (χ1) is 17.5. The molecule has 1 N–H and O–H groups in total. The molecule has 0 atom stereocenters. The topological polar surface area (TPSA) is 87.0 Å². The molecule has 1 heterocycles. The van der Waals surface area contributed by atoms with E-state index in [1.165, 1.54) is 32.2 Å². The Morgan fingerprint density at radius 2 is 1.78 bits per heavy atom. The summed E-state index contributed by atoms with van der Waals surface area (Å²) >= 11 is 7.38. The van der Waals surface area contributed by atoms with E-state index in [9.17, 15) is 4.79 Å². The van der Waals surface area contributed by atoms with Gasteiger partial charge in [0.05, 0.1) is 50.9 Å². The Morgan fingerprint density at radius 1 is 1.03 bits per heavy atom. The van der Waals surface area contributed by atoms with Crippen molar-refractivity contribution in [3.63, 3.8) is 0 Å². The number of hydrazone groups is 1. The van der Waals surface area contributed by atoms with Gasteiger partial charge in [0.1, 0.15) is 0 Å². The van der Waals surface area contributed by atoms with Gasteiger partial charge in [0, 0.05) is 10.6 Å². The highest BCUT2D eigenvalue weighted by Gasteiger charge is 2.15. The number of carbonyl (C=O) groups is 1. The minimum absolute atomic E-state index is 0.143. The Balaban J connectivity index is 1.45. The molecule has 1 aromatic heterocycles. The fraction of sp³-hybridized carbons (Fsp3) is 0.192. The molecule has 8 nitrogen and oxygen atoms in total. The lowest BCUT2D eigenvalue weighted by atomic mass is 10.2. The monoisotopic (exact) mass is 524 g/mol. The molecule has 0 saturated carbocycles. The maximum absolute atomic E-state index is 12.5. The molecule has 0 aliphatic heterocycles. The van der Waals surface area contributed by atoms with Crippen LogP contribution in [0.15, 0.2) is 70.9 Å². The first-order valence-corrected chi connectivity index (χ1v) is 12.3. The van der Waals surface area contributed by atoms with Crippen molar-refractivity contribution < 1.29 is 19.0 Å². The predicted molar refractivity (Wildman–Crippen MR) is 143 cm³/mol. The smallest absolute Gasteiger partial charge is 0.250 e. The van der Waals surface area contributed by atoms with E-state index in [2.05, 4.69) is 15.1 Å². The van der Waals surface area contributed by atoms with Gasteiger partial charge < -0.3 is 18.8 Å². The number of imidazole rings is 1. The Morgan fingerprint density at radius 3 is 2.50 bits per heavy atom. The van der Waals surface area contributed by atoms with E-state index in [0.29, 0.717) is 34.4 Å². The van der Waals surface area contributed by atoms with Crippen molar-refractivity contribution in [2.24, 2.45) is 5.10 Å². The molecule has 0 spiro atoms. The van der Waals surface area contributed by atoms with Gasteiger partial charge in [-0.15, -0.1) is 0 Å². The molecule has 36 heavy (non-hydrogen) atoms. The van der Waals surface area contributed by atoms with Gasteiger partial charge in [-0.2, -0.15) is 5.10 Å². The van der Waals surface area contributed by atoms with Crippen molar-refractivity contribution in [1.29, 1.82) is 0 Å². The van der Waals surface area contributed by atoms with Crippen molar-refractivity contribution in [2.45, 2.75) is 11.7 Å². The highest BCUT2D eigenvalue weighted by Crippen LogP contribution is 2.39. The Labute approximate surface area is 218 Å². The maximum Gasteiger partial charge on any atom is 0.250 e. The van der Waals surface area contributed by atoms with Crippen molar-refractivity contribution in [2.75, 3.05) is 27.1 Å². The number of hydrogen-bond donors (Lipinski definition) is 1. The molecule has 0 aliphatic rings. The van der Waals surface area contributed by atoms with Crippen LogP contribution in [0.4, 0.5) is 0 Å². The quantitative estimate of drug-likeness (QED) is 0.178. The molecule has 0 fully saturated rings. The molecular formula is C26H25ClN4O4S. The Bertz CT molecular complexity index is 1390. The third-order valence-corrected chi connectivity index (χ3v) is 6.56. The number of benzene rings is 3. The zero-order valence-electron chi connectivity index (χ0n) is 20.0. The van der Waals surface area contributed by atoms with Crippen LogP contribution in [0, 0.1) is 0 Å². The number of halogens is 1. The summed E-state index contributed by atoms with van der Waals surface area (Å²) in [6, 6.07) is 19.1. The lowest BCUT2D eigenvalue weighted by Gasteiger charge is -2.13. The van der Waals surface area contributed by atoms with Crippen LogP contribution in [0.25, 0.3) is 11.0 Å². The SMILES string of the molecule is COc1ccc(/C=N/NC(=O)CSc2nc3ccccc3n2Cc2ccc(Cl)cc2)c(OC)c1OC. The minimum atomic E-state index is -0.263. The van der Waals surface area contributed by atoms with E-state index in [1.54, 1.807) is 19.2 Å². The van der Waals surface area contributed by atoms with Gasteiger partial charge in [0.15, 0.2) is 16.7 Å². The van der Waals surface area contributed by atoms with Crippen molar-refractivity contribution in [3.8, 4) is 17.2 Å². The fourth-order valence-electron chi connectivity index (χ4n) is 3.65. The minimum Gasteiger partial charge on any atom is -0.493 e. The molecule has 4 aromatic rings. The van der Waals surface area contributed by atoms with Crippen LogP contribution in [0.1, 0.15) is 11.1 Å². The number of ether oxygens (including phenoxy) is 3. The highest BCUT2D eigenvalue weighted by atomic mass is 35.5. The van der Waals surface area contributed by atoms with E-state index in [0.717, 1.165) is 21.8 Å². The van der Waals surface area contributed by atoms with Crippen LogP contribution < -0.4 is 19.6 Å². The standard InChI is InChI=1S/C26H25ClN4O4S/c1-33-22-13-10-18(24(34-2)25(22)35-3)14-28-30-23(32)16-36-26-29-20-6-4-5-7-21(20)31(26)15-17-8-11-19(27)12-9-17/h4-14H,15-16H2,1-3H3,(H,30,32)/b28-14+. The number of aromatic nitrogens is 2. The summed E-state index contributed by atoms with van der Waals surface area (Å²) in [5, 5.41) is 5.51. The third kappa shape index (κ3) is 5.75. The van der Waals surface area contributed by atoms with Crippen LogP contribution in [-0.4, -0.2) is 48.8 Å². The van der Waals surface area contributed by atoms with Gasteiger partial charge in [-0.05, 0) is 42.0 Å². The third-order valence-electron chi connectivity index (χ3n) is 5.33. The summed E-state index contributed by atoms with van der Waals surface area (Å²) in [5.41, 5.74) is 6.14. The summed E-state index contributed by atoms with van der Waals surface area (Å²) in [4.78, 5) is 17.3. The molecule has 0 bridgehead atoms. The maximum atomic E-state index is 12.5. The van der Waals surface area contributed by atoms with Gasteiger partial charge in [-0.1, -0.05) is 47.6 Å². The summed E-state index contributed by atoms with van der Waals surface area (Å²) in [6.07, 6.45) is 1.50. The van der Waals surface area contributed by atoms with Crippen molar-refractivity contribution >= 4 is 46.5 Å². The average Bonchev–Trinajstić information content (AvgIpc) is 3.25. The number of thioether (sulfide) groups is 1. The number of methoxy groups -OCH3 is 3. The molecule has 0 saturated heterocycles. The number of rotatable bonds is 10. The molecule has 0 unspecified atom stereocenters. The normalized spacial score (nSPS) is 11.1. The van der Waals surface area contributed by atoms with Crippen molar-refractivity contribution in [1.82, 2.24) is 15.0 Å². The second-order valence-electron chi connectivity index (χ2n) is 7.60. The first kappa shape index (κ1) is 25.4. The number of fused-ring (bicyclic) bond motifs is 1. The van der Waals surface area contributed by atoms with Crippen LogP contribution in [0.5, 0.6) is 17.2 Å². The summed E-state index contributed by atoms with van der Waals surface area (Å²) < 4.78 is 18.2. The van der Waals surface area contributed by atoms with Gasteiger partial charge in [-0.25, -0.2) is 10.4 Å². The number of nitrogens with zero attached hydrogens (tertiary/aromatic N) is 3. The Hall–Kier alpha value is -3.69. The van der Waals surface area contributed by atoms with Crippen LogP contribution in [-0.2, 0) is 11.3 Å². The second kappa shape index (κ2) is 11.8. The van der Waals surface area contributed by atoms with E-state index in [4.69, 9.17) is 30.8 Å². The number of amides is 1. The van der Waals surface area contributed by atoms with Gasteiger partial charge in [0.25, 0.3) is 5.91 Å². The molecule has 4 rings (SSSR count). The van der Waals surface area contributed by atoms with Crippen molar-refractivity contribution in [3.05, 3.63) is 76.8 Å². The highest BCUT2D eigenvalue weighted by molar-refractivity contribution is 7.99. The molecule has 10 heteroatoms. The van der Waals surface area contributed by atoms with Gasteiger partial charge in [-0.3, -0.25) is 4.79 Å². The molecule has 3 aromatic carbocycles. The molecular weight excluding hydrogens is 500 g/mol. The second-order valence-corrected chi connectivity index (χ2v) is 8.98. The predicted octanol–water partition coefficient (Wildman–Crippen LogP) is 5.01. The van der Waals surface area contributed by atoms with Crippen LogP contribution >= 0.6 is 23.4 Å². The lowest BCUT2D eigenvalue weighted by molar-refractivity contribution is -0.118. The lowest BCUT2D eigenvalue weighted by Crippen LogP contribution is -2.20. The van der Waals surface area contributed by atoms with E-state index >= 15 is 0 Å². The number of hydrogen-bond acceptors (Lipinski definition) is 7. The van der Waals surface area contributed by atoms with E-state index < -0.39 is 0 Å². The Kier molecular flexibility index (Phi) is 8.35. The van der Waals surface area contributed by atoms with Crippen LogP contribution in [0.3, 0.4) is 0 Å². The molecule has 1 amide bonds. The summed E-state index contributed by atoms with van der Waals surface area (Å²) in [7, 11) is 4.60. The average molecular weight is 525 g/mol. The number of carbonyl (C=O) groups excluding carboxylic acids is 1. The molecule has 186 valence electrons. The zero-order chi connectivity index (χ0) is 25.5. The van der Waals surface area contributed by atoms with Gasteiger partial charge >= 0.3 is 0 Å². The molecule has 0 radical (unpaired) electrons. The number of para-hydroxylation sites is 2. The summed E-state index contributed by atoms with van der Waals surface area (Å²) in [5.74, 6) is 1.32. The first-order valence-electron chi connectivity index (χ1n) is 11.0. The van der Waals surface area contributed by atoms with E-state index in [-0.39, 0.29) is 11.7 Å².